The Labute approximate surface area is 181 Å². The molecule has 3 amide bonds. The highest BCUT2D eigenvalue weighted by atomic mass is 35.5. The number of carbonyl (C=O) groups is 3. The van der Waals surface area contributed by atoms with E-state index in [9.17, 15) is 14.4 Å². The number of halogens is 2. The summed E-state index contributed by atoms with van der Waals surface area (Å²) in [6.45, 7) is -0.574. The van der Waals surface area contributed by atoms with Crippen LogP contribution in [0.3, 0.4) is 0 Å². The van der Waals surface area contributed by atoms with Crippen LogP contribution in [0, 0.1) is 0 Å². The molecular formula is C20H16Cl2N2O6. The van der Waals surface area contributed by atoms with Crippen molar-refractivity contribution in [3.05, 3.63) is 63.3 Å². The van der Waals surface area contributed by atoms with Crippen molar-refractivity contribution in [3.8, 4) is 11.5 Å². The lowest BCUT2D eigenvalue weighted by Crippen LogP contribution is -2.35. The molecule has 0 aliphatic carbocycles. The minimum absolute atomic E-state index is 0.0795. The Morgan fingerprint density at radius 2 is 1.93 bits per heavy atom. The minimum Gasteiger partial charge on any atom is -0.493 e. The van der Waals surface area contributed by atoms with E-state index in [1.54, 1.807) is 12.1 Å². The number of urea groups is 1. The summed E-state index contributed by atoms with van der Waals surface area (Å²) >= 11 is 12.5. The lowest BCUT2D eigenvalue weighted by atomic mass is 10.1. The van der Waals surface area contributed by atoms with E-state index < -0.39 is 24.5 Å². The van der Waals surface area contributed by atoms with Gasteiger partial charge in [0.2, 0.25) is 0 Å². The number of hydrogen-bond donors (Lipinski definition) is 2. The fourth-order valence-electron chi connectivity index (χ4n) is 2.75. The quantitative estimate of drug-likeness (QED) is 0.493. The fraction of sp³-hybridized carbons (Fsp3) is 0.150. The van der Waals surface area contributed by atoms with E-state index in [1.165, 1.54) is 19.3 Å². The normalized spacial score (nSPS) is 14.8. The molecule has 1 aliphatic rings. The molecule has 0 aromatic heterocycles. The van der Waals surface area contributed by atoms with Gasteiger partial charge in [0.05, 0.1) is 12.1 Å². The molecule has 156 valence electrons. The predicted molar refractivity (Wildman–Crippen MR) is 110 cm³/mol. The number of carboxylic acid groups (broad SMARTS) is 1. The molecule has 0 atom stereocenters. The number of rotatable bonds is 7. The zero-order valence-electron chi connectivity index (χ0n) is 15.6. The lowest BCUT2D eigenvalue weighted by molar-refractivity contribution is -0.140. The largest absolute Gasteiger partial charge is 0.493 e. The Hall–Kier alpha value is -3.23. The molecule has 0 radical (unpaired) electrons. The van der Waals surface area contributed by atoms with Crippen LogP contribution >= 0.6 is 23.2 Å². The Kier molecular flexibility index (Phi) is 6.49. The van der Waals surface area contributed by atoms with Gasteiger partial charge in [-0.05, 0) is 29.8 Å². The number of benzene rings is 2. The van der Waals surface area contributed by atoms with Crippen molar-refractivity contribution in [1.82, 2.24) is 10.2 Å². The monoisotopic (exact) mass is 450 g/mol. The predicted octanol–water partition coefficient (Wildman–Crippen LogP) is 3.56. The van der Waals surface area contributed by atoms with E-state index in [0.717, 1.165) is 5.56 Å². The Bertz CT molecular complexity index is 1050. The zero-order chi connectivity index (χ0) is 21.8. The van der Waals surface area contributed by atoms with Crippen molar-refractivity contribution in [3.63, 3.8) is 0 Å². The van der Waals surface area contributed by atoms with Gasteiger partial charge in [-0.3, -0.25) is 9.59 Å². The lowest BCUT2D eigenvalue weighted by Gasteiger charge is -2.14. The van der Waals surface area contributed by atoms with Gasteiger partial charge in [0.25, 0.3) is 5.91 Å². The summed E-state index contributed by atoms with van der Waals surface area (Å²) in [4.78, 5) is 35.5. The maximum absolute atomic E-state index is 12.3. The number of imide groups is 1. The van der Waals surface area contributed by atoms with Crippen LogP contribution in [0.1, 0.15) is 11.1 Å². The van der Waals surface area contributed by atoms with Crippen molar-refractivity contribution in [2.75, 3.05) is 13.7 Å². The summed E-state index contributed by atoms with van der Waals surface area (Å²) in [7, 11) is 1.43. The van der Waals surface area contributed by atoms with Gasteiger partial charge >= 0.3 is 12.0 Å². The smallest absolute Gasteiger partial charge is 0.329 e. The van der Waals surface area contributed by atoms with Crippen LogP contribution in [0.25, 0.3) is 6.08 Å². The van der Waals surface area contributed by atoms with Gasteiger partial charge in [-0.1, -0.05) is 41.4 Å². The van der Waals surface area contributed by atoms with Crippen LogP contribution in [-0.4, -0.2) is 41.6 Å². The molecule has 0 saturated carbocycles. The topological polar surface area (TPSA) is 105 Å². The van der Waals surface area contributed by atoms with Crippen molar-refractivity contribution in [2.24, 2.45) is 0 Å². The average Bonchev–Trinajstić information content (AvgIpc) is 2.95. The van der Waals surface area contributed by atoms with Gasteiger partial charge in [-0.2, -0.15) is 0 Å². The Morgan fingerprint density at radius 1 is 1.20 bits per heavy atom. The molecular weight excluding hydrogens is 435 g/mol. The van der Waals surface area contributed by atoms with Crippen molar-refractivity contribution in [1.29, 1.82) is 0 Å². The maximum atomic E-state index is 12.3. The number of nitrogens with one attached hydrogen (secondary N) is 1. The number of hydrogen-bond acceptors (Lipinski definition) is 5. The molecule has 10 heteroatoms. The van der Waals surface area contributed by atoms with Crippen molar-refractivity contribution >= 4 is 47.2 Å². The highest BCUT2D eigenvalue weighted by Gasteiger charge is 2.34. The summed E-state index contributed by atoms with van der Waals surface area (Å²) in [5.74, 6) is -1.46. The molecule has 2 aromatic carbocycles. The van der Waals surface area contributed by atoms with Crippen LogP contribution < -0.4 is 14.8 Å². The van der Waals surface area contributed by atoms with E-state index in [0.29, 0.717) is 21.2 Å². The zero-order valence-corrected chi connectivity index (χ0v) is 17.2. The molecule has 0 unspecified atom stereocenters. The van der Waals surface area contributed by atoms with Crippen LogP contribution in [0.2, 0.25) is 10.0 Å². The van der Waals surface area contributed by atoms with Gasteiger partial charge in [0, 0.05) is 10.6 Å². The first-order valence-electron chi connectivity index (χ1n) is 8.60. The van der Waals surface area contributed by atoms with E-state index in [1.807, 2.05) is 18.2 Å². The van der Waals surface area contributed by atoms with E-state index >= 15 is 0 Å². The summed E-state index contributed by atoms with van der Waals surface area (Å²) in [6.07, 6.45) is 1.37. The SMILES string of the molecule is COc1cc(/C=C2/NC(=O)N(CC(=O)O)C2=O)cc(Cl)c1OCc1ccccc1Cl. The van der Waals surface area contributed by atoms with Crippen molar-refractivity contribution < 1.29 is 29.0 Å². The number of ether oxygens (including phenoxy) is 2. The first-order valence-corrected chi connectivity index (χ1v) is 9.35. The third-order valence-corrected chi connectivity index (χ3v) is 4.80. The minimum atomic E-state index is -1.30. The summed E-state index contributed by atoms with van der Waals surface area (Å²) in [6, 6.07) is 9.49. The molecule has 3 rings (SSSR count). The number of amides is 3. The molecule has 2 N–H and O–H groups in total. The molecule has 30 heavy (non-hydrogen) atoms. The number of methoxy groups -OCH3 is 1. The number of aliphatic carboxylic acids is 1. The van der Waals surface area contributed by atoms with Gasteiger partial charge in [-0.15, -0.1) is 0 Å². The standard InChI is InChI=1S/C20H16Cl2N2O6/c1-29-16-8-11(7-15-19(27)24(9-17(25)26)20(28)23-15)6-14(22)18(16)30-10-12-4-2-3-5-13(12)21/h2-8H,9-10H2,1H3,(H,23,28)(H,25,26)/b15-7+. The fourth-order valence-corrected chi connectivity index (χ4v) is 3.21. The van der Waals surface area contributed by atoms with Gasteiger partial charge in [0.1, 0.15) is 18.8 Å². The third kappa shape index (κ3) is 4.67. The first kappa shape index (κ1) is 21.5. The Morgan fingerprint density at radius 3 is 2.60 bits per heavy atom. The maximum Gasteiger partial charge on any atom is 0.329 e. The van der Waals surface area contributed by atoms with Crippen LogP contribution in [0.5, 0.6) is 11.5 Å². The summed E-state index contributed by atoms with van der Waals surface area (Å²) in [5, 5.41) is 11.9. The molecule has 1 heterocycles. The van der Waals surface area contributed by atoms with Crippen LogP contribution in [-0.2, 0) is 16.2 Å². The number of nitrogens with zero attached hydrogens (tertiary/aromatic N) is 1. The average molecular weight is 451 g/mol. The Balaban J connectivity index is 1.84. The van der Waals surface area contributed by atoms with Gasteiger partial charge in [-0.25, -0.2) is 9.69 Å². The van der Waals surface area contributed by atoms with E-state index in [-0.39, 0.29) is 23.1 Å². The second-order valence-electron chi connectivity index (χ2n) is 6.19. The van der Waals surface area contributed by atoms with E-state index in [2.05, 4.69) is 5.32 Å². The third-order valence-electron chi connectivity index (χ3n) is 4.15. The molecule has 2 aromatic rings. The highest BCUT2D eigenvalue weighted by Crippen LogP contribution is 2.38. The molecule has 0 spiro atoms. The van der Waals surface area contributed by atoms with Crippen molar-refractivity contribution in [2.45, 2.75) is 6.61 Å². The second-order valence-corrected chi connectivity index (χ2v) is 7.00. The molecule has 1 saturated heterocycles. The van der Waals surface area contributed by atoms with Gasteiger partial charge < -0.3 is 19.9 Å². The van der Waals surface area contributed by atoms with Crippen LogP contribution in [0.4, 0.5) is 4.79 Å². The summed E-state index contributed by atoms with van der Waals surface area (Å²) < 4.78 is 11.1. The van der Waals surface area contributed by atoms with Crippen LogP contribution in [0.15, 0.2) is 42.1 Å². The highest BCUT2D eigenvalue weighted by molar-refractivity contribution is 6.32. The van der Waals surface area contributed by atoms with E-state index in [4.69, 9.17) is 37.8 Å². The second kappa shape index (κ2) is 9.06. The molecule has 1 fully saturated rings. The molecule has 0 bridgehead atoms. The molecule has 1 aliphatic heterocycles. The number of carbonyl (C=O) groups excluding carboxylic acids is 2. The summed E-state index contributed by atoms with van der Waals surface area (Å²) in [5.41, 5.74) is 1.13. The number of carboxylic acids is 1. The first-order chi connectivity index (χ1) is 14.3. The van der Waals surface area contributed by atoms with Gasteiger partial charge in [0.15, 0.2) is 11.5 Å². The molecule has 8 nitrogen and oxygen atoms in total.